The summed E-state index contributed by atoms with van der Waals surface area (Å²) >= 11 is 0. The molecule has 0 saturated carbocycles. The number of allylic oxidation sites excluding steroid dienone is 1. The maximum absolute atomic E-state index is 10.4. The van der Waals surface area contributed by atoms with E-state index in [1.165, 1.54) is 0 Å². The van der Waals surface area contributed by atoms with E-state index in [1.807, 2.05) is 0 Å². The summed E-state index contributed by atoms with van der Waals surface area (Å²) in [5.41, 5.74) is 6.41. The van der Waals surface area contributed by atoms with Crippen LogP contribution >= 0.6 is 0 Å². The number of nitrogens with two attached hydrogens (primary N) is 1. The Morgan fingerprint density at radius 3 is 3.00 bits per heavy atom. The lowest BCUT2D eigenvalue weighted by molar-refractivity contribution is -0.148. The minimum atomic E-state index is -1.00. The zero-order chi connectivity index (χ0) is 9.14. The van der Waals surface area contributed by atoms with Gasteiger partial charge in [-0.2, -0.15) is 0 Å². The van der Waals surface area contributed by atoms with Crippen LogP contribution in [0.1, 0.15) is 12.8 Å². The first-order chi connectivity index (χ1) is 5.59. The number of carboxylic acids is 1. The Balaban J connectivity index is 2.43. The van der Waals surface area contributed by atoms with E-state index >= 15 is 0 Å². The average molecular weight is 170 g/mol. The van der Waals surface area contributed by atoms with Crippen molar-refractivity contribution in [3.05, 3.63) is 12.3 Å². The lowest BCUT2D eigenvalue weighted by Gasteiger charge is -1.99. The standard InChI is InChI=1S/C7H10N2O3/c1-4(8)2-5-3-6(7(10)11)12-9-5/h6H,1-3,8H2,(H,10,11). The van der Waals surface area contributed by atoms with Gasteiger partial charge < -0.3 is 15.7 Å². The topological polar surface area (TPSA) is 84.9 Å². The van der Waals surface area contributed by atoms with E-state index in [9.17, 15) is 4.79 Å². The molecule has 0 amide bonds. The largest absolute Gasteiger partial charge is 0.478 e. The summed E-state index contributed by atoms with van der Waals surface area (Å²) in [7, 11) is 0. The van der Waals surface area contributed by atoms with Crippen LogP contribution in [0.5, 0.6) is 0 Å². The number of oxime groups is 1. The summed E-state index contributed by atoms with van der Waals surface area (Å²) in [5.74, 6) is -1.00. The first-order valence-corrected chi connectivity index (χ1v) is 3.47. The van der Waals surface area contributed by atoms with E-state index in [1.54, 1.807) is 0 Å². The lowest BCUT2D eigenvalue weighted by atomic mass is 10.1. The summed E-state index contributed by atoms with van der Waals surface area (Å²) in [6.45, 7) is 3.48. The van der Waals surface area contributed by atoms with E-state index in [4.69, 9.17) is 10.8 Å². The minimum absolute atomic E-state index is 0.297. The molecule has 0 fully saturated rings. The smallest absolute Gasteiger partial charge is 0.348 e. The second kappa shape index (κ2) is 3.25. The average Bonchev–Trinajstić information content (AvgIpc) is 2.34. The van der Waals surface area contributed by atoms with Crippen LogP contribution in [-0.2, 0) is 9.63 Å². The predicted molar refractivity (Wildman–Crippen MR) is 42.5 cm³/mol. The van der Waals surface area contributed by atoms with E-state index in [0.717, 1.165) is 0 Å². The van der Waals surface area contributed by atoms with E-state index in [0.29, 0.717) is 24.3 Å². The molecule has 1 rings (SSSR count). The molecule has 1 aliphatic rings. The van der Waals surface area contributed by atoms with Gasteiger partial charge in [-0.1, -0.05) is 11.7 Å². The van der Waals surface area contributed by atoms with Crippen molar-refractivity contribution in [2.45, 2.75) is 18.9 Å². The van der Waals surface area contributed by atoms with E-state index < -0.39 is 12.1 Å². The van der Waals surface area contributed by atoms with Gasteiger partial charge in [0.2, 0.25) is 6.10 Å². The van der Waals surface area contributed by atoms with Gasteiger partial charge in [0, 0.05) is 18.5 Å². The minimum Gasteiger partial charge on any atom is -0.478 e. The highest BCUT2D eigenvalue weighted by molar-refractivity contribution is 5.91. The van der Waals surface area contributed by atoms with E-state index in [-0.39, 0.29) is 0 Å². The summed E-state index contributed by atoms with van der Waals surface area (Å²) in [5, 5.41) is 12.1. The number of rotatable bonds is 3. The van der Waals surface area contributed by atoms with Crippen LogP contribution in [0.15, 0.2) is 17.4 Å². The molecule has 12 heavy (non-hydrogen) atoms. The molecule has 0 aromatic carbocycles. The Kier molecular flexibility index (Phi) is 2.32. The van der Waals surface area contributed by atoms with Crippen LogP contribution in [-0.4, -0.2) is 22.9 Å². The maximum Gasteiger partial charge on any atom is 0.348 e. The van der Waals surface area contributed by atoms with Gasteiger partial charge in [0.1, 0.15) is 0 Å². The van der Waals surface area contributed by atoms with Crippen molar-refractivity contribution >= 4 is 11.7 Å². The molecule has 0 spiro atoms. The molecule has 3 N–H and O–H groups in total. The molecule has 1 unspecified atom stereocenters. The summed E-state index contributed by atoms with van der Waals surface area (Å²) < 4.78 is 0. The second-order valence-corrected chi connectivity index (χ2v) is 2.63. The van der Waals surface area contributed by atoms with Crippen LogP contribution in [0.25, 0.3) is 0 Å². The summed E-state index contributed by atoms with van der Waals surface area (Å²) in [6, 6.07) is 0. The molecule has 0 radical (unpaired) electrons. The zero-order valence-electron chi connectivity index (χ0n) is 6.49. The summed E-state index contributed by atoms with van der Waals surface area (Å²) in [4.78, 5) is 15.0. The van der Waals surface area contributed by atoms with Gasteiger partial charge in [-0.15, -0.1) is 0 Å². The van der Waals surface area contributed by atoms with Gasteiger partial charge in [-0.25, -0.2) is 4.79 Å². The third kappa shape index (κ3) is 1.98. The van der Waals surface area contributed by atoms with Crippen molar-refractivity contribution in [3.63, 3.8) is 0 Å². The monoisotopic (exact) mass is 170 g/mol. The Hall–Kier alpha value is -1.52. The van der Waals surface area contributed by atoms with E-state index in [2.05, 4.69) is 16.6 Å². The molecule has 0 aliphatic carbocycles. The number of carbonyl (C=O) groups is 1. The first kappa shape index (κ1) is 8.58. The highest BCUT2D eigenvalue weighted by Crippen LogP contribution is 2.13. The fourth-order valence-corrected chi connectivity index (χ4v) is 0.926. The van der Waals surface area contributed by atoms with Crippen LogP contribution in [0.2, 0.25) is 0 Å². The molecule has 0 bridgehead atoms. The lowest BCUT2D eigenvalue weighted by Crippen LogP contribution is -2.20. The van der Waals surface area contributed by atoms with Gasteiger partial charge in [0.05, 0.1) is 5.71 Å². The van der Waals surface area contributed by atoms with Gasteiger partial charge in [-0.05, 0) is 0 Å². The Bertz CT molecular complexity index is 247. The van der Waals surface area contributed by atoms with Crippen molar-refractivity contribution in [2.24, 2.45) is 10.9 Å². The second-order valence-electron chi connectivity index (χ2n) is 2.63. The fraction of sp³-hybridized carbons (Fsp3) is 0.429. The molecule has 5 heteroatoms. The predicted octanol–water partition coefficient (Wildman–Crippen LogP) is 0.0784. The molecule has 0 saturated heterocycles. The Morgan fingerprint density at radius 1 is 1.92 bits per heavy atom. The number of carboxylic acid groups (broad SMARTS) is 1. The third-order valence-corrected chi connectivity index (χ3v) is 1.44. The molecule has 1 heterocycles. The van der Waals surface area contributed by atoms with Gasteiger partial charge in [-0.3, -0.25) is 0 Å². The fourth-order valence-electron chi connectivity index (χ4n) is 0.926. The van der Waals surface area contributed by atoms with Crippen molar-refractivity contribution < 1.29 is 14.7 Å². The highest BCUT2D eigenvalue weighted by atomic mass is 16.7. The molecule has 5 nitrogen and oxygen atoms in total. The third-order valence-electron chi connectivity index (χ3n) is 1.44. The quantitative estimate of drug-likeness (QED) is 0.628. The van der Waals surface area contributed by atoms with Crippen LogP contribution in [0, 0.1) is 0 Å². The molecular weight excluding hydrogens is 160 g/mol. The van der Waals surface area contributed by atoms with Crippen LogP contribution in [0.4, 0.5) is 0 Å². The molecule has 1 aliphatic heterocycles. The highest BCUT2D eigenvalue weighted by Gasteiger charge is 2.27. The van der Waals surface area contributed by atoms with Crippen molar-refractivity contribution in [1.29, 1.82) is 0 Å². The van der Waals surface area contributed by atoms with Crippen molar-refractivity contribution in [1.82, 2.24) is 0 Å². The van der Waals surface area contributed by atoms with Crippen molar-refractivity contribution in [2.75, 3.05) is 0 Å². The first-order valence-electron chi connectivity index (χ1n) is 3.47. The number of nitrogens with zero attached hydrogens (tertiary/aromatic N) is 1. The zero-order valence-corrected chi connectivity index (χ0v) is 6.49. The Morgan fingerprint density at radius 2 is 2.58 bits per heavy atom. The number of hydrogen-bond donors (Lipinski definition) is 2. The van der Waals surface area contributed by atoms with Gasteiger partial charge in [0.15, 0.2) is 0 Å². The maximum atomic E-state index is 10.4. The molecule has 0 aromatic heterocycles. The molecular formula is C7H10N2O3. The van der Waals surface area contributed by atoms with Gasteiger partial charge >= 0.3 is 5.97 Å². The van der Waals surface area contributed by atoms with Crippen LogP contribution < -0.4 is 5.73 Å². The number of hydrogen-bond acceptors (Lipinski definition) is 4. The van der Waals surface area contributed by atoms with Crippen molar-refractivity contribution in [3.8, 4) is 0 Å². The number of aliphatic carboxylic acids is 1. The normalized spacial score (nSPS) is 21.3. The van der Waals surface area contributed by atoms with Crippen LogP contribution in [0.3, 0.4) is 0 Å². The molecule has 66 valence electrons. The summed E-state index contributed by atoms with van der Waals surface area (Å²) in [6.07, 6.45) is -0.144. The van der Waals surface area contributed by atoms with Gasteiger partial charge in [0.25, 0.3) is 0 Å². The SMILES string of the molecule is C=C(N)CC1=NOC(C(=O)O)C1. The molecule has 0 aromatic rings. The Labute approximate surface area is 69.5 Å². The molecule has 1 atom stereocenters.